The molecule has 13 heavy (non-hydrogen) atoms. The van der Waals surface area contributed by atoms with Gasteiger partial charge in [-0.2, -0.15) is 0 Å². The van der Waals surface area contributed by atoms with Crippen molar-refractivity contribution < 1.29 is 8.42 Å². The summed E-state index contributed by atoms with van der Waals surface area (Å²) in [7, 11) is -2.92. The largest absolute Gasteiger partial charge is 0.213 e. The SMILES string of the molecule is CC(C)C(C)C1CN(S(C)(=O)=O)C1. The van der Waals surface area contributed by atoms with E-state index in [-0.39, 0.29) is 0 Å². The van der Waals surface area contributed by atoms with E-state index in [0.717, 1.165) is 13.1 Å². The van der Waals surface area contributed by atoms with Crippen LogP contribution >= 0.6 is 0 Å². The van der Waals surface area contributed by atoms with Gasteiger partial charge in [-0.25, -0.2) is 12.7 Å². The normalized spacial score (nSPS) is 23.2. The molecule has 1 saturated heterocycles. The summed E-state index contributed by atoms with van der Waals surface area (Å²) in [6, 6.07) is 0. The summed E-state index contributed by atoms with van der Waals surface area (Å²) in [4.78, 5) is 0. The Morgan fingerprint density at radius 2 is 1.69 bits per heavy atom. The highest BCUT2D eigenvalue weighted by atomic mass is 32.2. The molecule has 0 aromatic rings. The molecule has 1 aliphatic rings. The molecule has 0 amide bonds. The van der Waals surface area contributed by atoms with Crippen LogP contribution in [0.25, 0.3) is 0 Å². The second-order valence-corrected chi connectivity index (χ2v) is 6.43. The minimum absolute atomic E-state index is 0.565. The fourth-order valence-electron chi connectivity index (χ4n) is 1.62. The molecule has 1 atom stereocenters. The van der Waals surface area contributed by atoms with E-state index < -0.39 is 10.0 Å². The van der Waals surface area contributed by atoms with E-state index in [1.807, 2.05) is 0 Å². The Kier molecular flexibility index (Phi) is 3.02. The van der Waals surface area contributed by atoms with Crippen molar-refractivity contribution in [2.24, 2.45) is 17.8 Å². The van der Waals surface area contributed by atoms with Crippen molar-refractivity contribution >= 4 is 10.0 Å². The first kappa shape index (κ1) is 11.0. The van der Waals surface area contributed by atoms with Gasteiger partial charge in [0.05, 0.1) is 6.26 Å². The number of hydrogen-bond donors (Lipinski definition) is 0. The lowest BCUT2D eigenvalue weighted by Gasteiger charge is -2.42. The molecule has 3 nitrogen and oxygen atoms in total. The van der Waals surface area contributed by atoms with Gasteiger partial charge in [-0.1, -0.05) is 20.8 Å². The van der Waals surface area contributed by atoms with E-state index in [4.69, 9.17) is 0 Å². The molecular weight excluding hydrogens is 186 g/mol. The summed E-state index contributed by atoms with van der Waals surface area (Å²) in [5, 5.41) is 0. The van der Waals surface area contributed by atoms with Gasteiger partial charge in [0, 0.05) is 13.1 Å². The zero-order chi connectivity index (χ0) is 10.2. The highest BCUT2D eigenvalue weighted by Crippen LogP contribution is 2.30. The smallest absolute Gasteiger partial charge is 0.211 e. The molecule has 1 heterocycles. The van der Waals surface area contributed by atoms with Crippen LogP contribution in [0.5, 0.6) is 0 Å². The maximum atomic E-state index is 11.1. The Labute approximate surface area is 81.2 Å². The van der Waals surface area contributed by atoms with E-state index >= 15 is 0 Å². The van der Waals surface area contributed by atoms with Crippen molar-refractivity contribution in [2.75, 3.05) is 19.3 Å². The molecule has 0 bridgehead atoms. The third-order valence-electron chi connectivity index (χ3n) is 3.14. The first-order valence-electron chi connectivity index (χ1n) is 4.77. The highest BCUT2D eigenvalue weighted by molar-refractivity contribution is 7.88. The van der Waals surface area contributed by atoms with Crippen molar-refractivity contribution in [1.82, 2.24) is 4.31 Å². The maximum Gasteiger partial charge on any atom is 0.211 e. The van der Waals surface area contributed by atoms with Crippen molar-refractivity contribution in [1.29, 1.82) is 0 Å². The van der Waals surface area contributed by atoms with Gasteiger partial charge in [-0.15, -0.1) is 0 Å². The second kappa shape index (κ2) is 3.58. The number of rotatable bonds is 3. The fraction of sp³-hybridized carbons (Fsp3) is 1.00. The molecule has 0 spiro atoms. The van der Waals surface area contributed by atoms with Gasteiger partial charge in [-0.3, -0.25) is 0 Å². The lowest BCUT2D eigenvalue weighted by Crippen LogP contribution is -2.52. The third-order valence-corrected chi connectivity index (χ3v) is 4.38. The third kappa shape index (κ3) is 2.44. The van der Waals surface area contributed by atoms with Crippen molar-refractivity contribution in [2.45, 2.75) is 20.8 Å². The Balaban J connectivity index is 2.42. The van der Waals surface area contributed by atoms with Gasteiger partial charge in [0.1, 0.15) is 0 Å². The minimum atomic E-state index is -2.92. The average molecular weight is 205 g/mol. The van der Waals surface area contributed by atoms with Crippen LogP contribution in [-0.2, 0) is 10.0 Å². The molecule has 78 valence electrons. The van der Waals surface area contributed by atoms with E-state index in [1.54, 1.807) is 4.31 Å². The quantitative estimate of drug-likeness (QED) is 0.693. The Bertz CT molecular complexity index is 265. The van der Waals surface area contributed by atoms with Gasteiger partial charge in [0.2, 0.25) is 10.0 Å². The van der Waals surface area contributed by atoms with Gasteiger partial charge < -0.3 is 0 Å². The van der Waals surface area contributed by atoms with Crippen molar-refractivity contribution in [3.05, 3.63) is 0 Å². The van der Waals surface area contributed by atoms with Gasteiger partial charge in [0.15, 0.2) is 0 Å². The number of nitrogens with zero attached hydrogens (tertiary/aromatic N) is 1. The van der Waals surface area contributed by atoms with Gasteiger partial charge in [-0.05, 0) is 17.8 Å². The molecule has 0 N–H and O–H groups in total. The van der Waals surface area contributed by atoms with Crippen LogP contribution < -0.4 is 0 Å². The highest BCUT2D eigenvalue weighted by Gasteiger charge is 2.36. The first-order valence-corrected chi connectivity index (χ1v) is 6.62. The second-order valence-electron chi connectivity index (χ2n) is 4.44. The van der Waals surface area contributed by atoms with Crippen LogP contribution in [0, 0.1) is 17.8 Å². The van der Waals surface area contributed by atoms with E-state index in [0.29, 0.717) is 17.8 Å². The van der Waals surface area contributed by atoms with Crippen molar-refractivity contribution in [3.63, 3.8) is 0 Å². The summed E-state index contributed by atoms with van der Waals surface area (Å²) in [6.07, 6.45) is 1.28. The molecule has 0 aromatic heterocycles. The van der Waals surface area contributed by atoms with E-state index in [1.165, 1.54) is 6.26 Å². The van der Waals surface area contributed by atoms with Crippen molar-refractivity contribution in [3.8, 4) is 0 Å². The summed E-state index contributed by atoms with van der Waals surface area (Å²) < 4.78 is 23.7. The molecule has 4 heteroatoms. The lowest BCUT2D eigenvalue weighted by molar-refractivity contribution is 0.118. The Morgan fingerprint density at radius 1 is 1.23 bits per heavy atom. The van der Waals surface area contributed by atoms with Crippen LogP contribution in [0.1, 0.15) is 20.8 Å². The molecule has 1 rings (SSSR count). The number of hydrogen-bond acceptors (Lipinski definition) is 2. The average Bonchev–Trinajstić information content (AvgIpc) is 1.79. The molecule has 0 saturated carbocycles. The minimum Gasteiger partial charge on any atom is -0.213 e. The fourth-order valence-corrected chi connectivity index (χ4v) is 2.54. The zero-order valence-corrected chi connectivity index (χ0v) is 9.63. The van der Waals surface area contributed by atoms with Crippen LogP contribution in [0.3, 0.4) is 0 Å². The Morgan fingerprint density at radius 3 is 2.00 bits per heavy atom. The molecular formula is C9H19NO2S. The summed E-state index contributed by atoms with van der Waals surface area (Å²) in [5.41, 5.74) is 0. The Hall–Kier alpha value is -0.0900. The van der Waals surface area contributed by atoms with E-state index in [2.05, 4.69) is 20.8 Å². The topological polar surface area (TPSA) is 37.4 Å². The van der Waals surface area contributed by atoms with Crippen LogP contribution in [0.4, 0.5) is 0 Å². The summed E-state index contributed by atoms with van der Waals surface area (Å²) in [6.45, 7) is 8.02. The zero-order valence-electron chi connectivity index (χ0n) is 8.82. The number of sulfonamides is 1. The lowest BCUT2D eigenvalue weighted by atomic mass is 9.81. The van der Waals surface area contributed by atoms with E-state index in [9.17, 15) is 8.42 Å². The predicted molar refractivity (Wildman–Crippen MR) is 53.9 cm³/mol. The summed E-state index contributed by atoms with van der Waals surface area (Å²) >= 11 is 0. The molecule has 0 aliphatic carbocycles. The molecule has 1 unspecified atom stereocenters. The monoisotopic (exact) mass is 205 g/mol. The molecule has 0 aromatic carbocycles. The first-order chi connectivity index (χ1) is 5.82. The molecule has 0 radical (unpaired) electrons. The van der Waals surface area contributed by atoms with Gasteiger partial charge in [0.25, 0.3) is 0 Å². The summed E-state index contributed by atoms with van der Waals surface area (Å²) in [5.74, 6) is 1.83. The molecule has 1 fully saturated rings. The maximum absolute atomic E-state index is 11.1. The predicted octanol–water partition coefficient (Wildman–Crippen LogP) is 1.17. The molecule has 1 aliphatic heterocycles. The van der Waals surface area contributed by atoms with Crippen LogP contribution in [0.15, 0.2) is 0 Å². The van der Waals surface area contributed by atoms with Gasteiger partial charge >= 0.3 is 0 Å². The standard InChI is InChI=1S/C9H19NO2S/c1-7(2)8(3)9-5-10(6-9)13(4,11)12/h7-9H,5-6H2,1-4H3. The van der Waals surface area contributed by atoms with Crippen LogP contribution in [-0.4, -0.2) is 32.1 Å². The van der Waals surface area contributed by atoms with Crippen LogP contribution in [0.2, 0.25) is 0 Å².